The fourth-order valence-electron chi connectivity index (χ4n) is 3.36. The normalized spacial score (nSPS) is 11.9. The van der Waals surface area contributed by atoms with Gasteiger partial charge in [-0.2, -0.15) is 0 Å². The standard InChI is InChI=1S/C23H24N4O/c1-3-24-23(26-14-20-19-10-5-4-8-17(19)12-13-25-20)27-15-22-16(2)18-9-6-7-11-21(18)28-22/h4-13H,3,14-15H2,1-2H3,(H2,24,26,27). The Hall–Kier alpha value is -3.34. The van der Waals surface area contributed by atoms with Crippen LogP contribution in [0.1, 0.15) is 23.9 Å². The minimum Gasteiger partial charge on any atom is -0.459 e. The molecular formula is C23H24N4O. The number of nitrogens with zero attached hydrogens (tertiary/aromatic N) is 2. The Balaban J connectivity index is 1.52. The van der Waals surface area contributed by atoms with Gasteiger partial charge in [0.25, 0.3) is 0 Å². The van der Waals surface area contributed by atoms with E-state index in [4.69, 9.17) is 9.41 Å². The van der Waals surface area contributed by atoms with Crippen LogP contribution >= 0.6 is 0 Å². The molecular weight excluding hydrogens is 348 g/mol. The van der Waals surface area contributed by atoms with Crippen molar-refractivity contribution in [2.45, 2.75) is 26.9 Å². The highest BCUT2D eigenvalue weighted by molar-refractivity contribution is 5.85. The lowest BCUT2D eigenvalue weighted by Gasteiger charge is -2.11. The van der Waals surface area contributed by atoms with E-state index in [0.29, 0.717) is 13.1 Å². The van der Waals surface area contributed by atoms with Crippen molar-refractivity contribution >= 4 is 27.7 Å². The van der Waals surface area contributed by atoms with E-state index in [-0.39, 0.29) is 0 Å². The molecule has 2 N–H and O–H groups in total. The lowest BCUT2D eigenvalue weighted by molar-refractivity contribution is 0.534. The number of hydrogen-bond donors (Lipinski definition) is 2. The van der Waals surface area contributed by atoms with E-state index in [1.54, 1.807) is 0 Å². The van der Waals surface area contributed by atoms with Crippen LogP contribution < -0.4 is 10.6 Å². The molecule has 0 unspecified atom stereocenters. The SMILES string of the molecule is CCNC(=NCc1nccc2ccccc12)NCc1oc2ccccc2c1C. The molecule has 0 aliphatic carbocycles. The van der Waals surface area contributed by atoms with Gasteiger partial charge in [0, 0.05) is 29.1 Å². The predicted molar refractivity (Wildman–Crippen MR) is 114 cm³/mol. The summed E-state index contributed by atoms with van der Waals surface area (Å²) < 4.78 is 5.99. The first-order chi connectivity index (χ1) is 13.8. The Labute approximate surface area is 164 Å². The molecule has 0 aliphatic rings. The highest BCUT2D eigenvalue weighted by Gasteiger charge is 2.10. The van der Waals surface area contributed by atoms with Crippen molar-refractivity contribution in [3.63, 3.8) is 0 Å². The summed E-state index contributed by atoms with van der Waals surface area (Å²) in [5.41, 5.74) is 3.04. The molecule has 0 saturated heterocycles. The van der Waals surface area contributed by atoms with Gasteiger partial charge in [0.15, 0.2) is 5.96 Å². The van der Waals surface area contributed by atoms with Crippen LogP contribution in [-0.2, 0) is 13.1 Å². The third-order valence-corrected chi connectivity index (χ3v) is 4.85. The number of aromatic nitrogens is 1. The summed E-state index contributed by atoms with van der Waals surface area (Å²) in [5.74, 6) is 1.67. The molecule has 0 fully saturated rings. The van der Waals surface area contributed by atoms with Gasteiger partial charge in [-0.05, 0) is 31.4 Å². The van der Waals surface area contributed by atoms with E-state index >= 15 is 0 Å². The second-order valence-electron chi connectivity index (χ2n) is 6.67. The van der Waals surface area contributed by atoms with E-state index in [1.165, 1.54) is 5.39 Å². The monoisotopic (exact) mass is 372 g/mol. The van der Waals surface area contributed by atoms with Crippen LogP contribution in [0.2, 0.25) is 0 Å². The first kappa shape index (κ1) is 18.0. The maximum absolute atomic E-state index is 5.99. The minimum atomic E-state index is 0.510. The second kappa shape index (κ2) is 8.13. The van der Waals surface area contributed by atoms with Crippen LogP contribution in [0.5, 0.6) is 0 Å². The summed E-state index contributed by atoms with van der Waals surface area (Å²) in [7, 11) is 0. The largest absolute Gasteiger partial charge is 0.459 e. The fourth-order valence-corrected chi connectivity index (χ4v) is 3.36. The molecule has 0 atom stereocenters. The zero-order valence-corrected chi connectivity index (χ0v) is 16.2. The van der Waals surface area contributed by atoms with Crippen LogP contribution in [0.3, 0.4) is 0 Å². The smallest absolute Gasteiger partial charge is 0.192 e. The summed E-state index contributed by atoms with van der Waals surface area (Å²) in [6.07, 6.45) is 1.84. The fraction of sp³-hybridized carbons (Fsp3) is 0.217. The highest BCUT2D eigenvalue weighted by Crippen LogP contribution is 2.24. The Kier molecular flexibility index (Phi) is 5.24. The van der Waals surface area contributed by atoms with Crippen molar-refractivity contribution in [1.82, 2.24) is 15.6 Å². The van der Waals surface area contributed by atoms with E-state index in [2.05, 4.69) is 47.7 Å². The van der Waals surface area contributed by atoms with Gasteiger partial charge in [0.2, 0.25) is 0 Å². The van der Waals surface area contributed by atoms with E-state index < -0.39 is 0 Å². The molecule has 0 amide bonds. The maximum Gasteiger partial charge on any atom is 0.192 e. The van der Waals surface area contributed by atoms with Gasteiger partial charge >= 0.3 is 0 Å². The van der Waals surface area contributed by atoms with Gasteiger partial charge in [-0.15, -0.1) is 0 Å². The molecule has 2 aromatic heterocycles. The average Bonchev–Trinajstić information content (AvgIpc) is 3.06. The number of aryl methyl sites for hydroxylation is 1. The van der Waals surface area contributed by atoms with Gasteiger partial charge in [0.1, 0.15) is 11.3 Å². The molecule has 5 heteroatoms. The second-order valence-corrected chi connectivity index (χ2v) is 6.67. The molecule has 2 heterocycles. The van der Waals surface area contributed by atoms with E-state index in [1.807, 2.05) is 42.6 Å². The first-order valence-electron chi connectivity index (χ1n) is 9.58. The highest BCUT2D eigenvalue weighted by atomic mass is 16.3. The number of furan rings is 1. The predicted octanol–water partition coefficient (Wildman–Crippen LogP) is 4.54. The van der Waals surface area contributed by atoms with Gasteiger partial charge in [-0.3, -0.25) is 4.98 Å². The zero-order valence-electron chi connectivity index (χ0n) is 16.2. The van der Waals surface area contributed by atoms with Crippen LogP contribution in [0.4, 0.5) is 0 Å². The molecule has 0 bridgehead atoms. The number of para-hydroxylation sites is 1. The molecule has 0 spiro atoms. The Morgan fingerprint density at radius 1 is 1.00 bits per heavy atom. The van der Waals surface area contributed by atoms with Crippen molar-refractivity contribution in [2.24, 2.45) is 4.99 Å². The number of fused-ring (bicyclic) bond motifs is 2. The molecule has 0 saturated carbocycles. The minimum absolute atomic E-state index is 0.510. The van der Waals surface area contributed by atoms with E-state index in [0.717, 1.165) is 45.9 Å². The van der Waals surface area contributed by atoms with Gasteiger partial charge in [0.05, 0.1) is 18.8 Å². The molecule has 4 aromatic rings. The van der Waals surface area contributed by atoms with Gasteiger partial charge in [-0.25, -0.2) is 4.99 Å². The average molecular weight is 372 g/mol. The summed E-state index contributed by atoms with van der Waals surface area (Å²) in [6, 6.07) is 18.4. The number of hydrogen-bond acceptors (Lipinski definition) is 3. The Morgan fingerprint density at radius 3 is 2.61 bits per heavy atom. The van der Waals surface area contributed by atoms with Crippen LogP contribution in [0, 0.1) is 6.92 Å². The summed E-state index contributed by atoms with van der Waals surface area (Å²) in [4.78, 5) is 9.24. The number of benzene rings is 2. The van der Waals surface area contributed by atoms with Crippen molar-refractivity contribution in [2.75, 3.05) is 6.54 Å². The van der Waals surface area contributed by atoms with Crippen molar-refractivity contribution in [3.8, 4) is 0 Å². The summed E-state index contributed by atoms with van der Waals surface area (Å²) in [5, 5.41) is 10.1. The summed E-state index contributed by atoms with van der Waals surface area (Å²) >= 11 is 0. The first-order valence-corrected chi connectivity index (χ1v) is 9.58. The molecule has 2 aromatic carbocycles. The Bertz CT molecular complexity index is 1120. The van der Waals surface area contributed by atoms with Crippen molar-refractivity contribution in [1.29, 1.82) is 0 Å². The van der Waals surface area contributed by atoms with Crippen LogP contribution in [0.15, 0.2) is 70.2 Å². The number of rotatable bonds is 5. The molecule has 28 heavy (non-hydrogen) atoms. The summed E-state index contributed by atoms with van der Waals surface area (Å²) in [6.45, 7) is 6.02. The van der Waals surface area contributed by atoms with E-state index in [9.17, 15) is 0 Å². The third-order valence-electron chi connectivity index (χ3n) is 4.85. The molecule has 0 aliphatic heterocycles. The topological polar surface area (TPSA) is 62.5 Å². The van der Waals surface area contributed by atoms with Crippen LogP contribution in [0.25, 0.3) is 21.7 Å². The number of nitrogens with one attached hydrogen (secondary N) is 2. The molecule has 4 rings (SSSR count). The van der Waals surface area contributed by atoms with Gasteiger partial charge < -0.3 is 15.1 Å². The van der Waals surface area contributed by atoms with Crippen molar-refractivity contribution < 1.29 is 4.42 Å². The van der Waals surface area contributed by atoms with Crippen LogP contribution in [-0.4, -0.2) is 17.5 Å². The molecule has 0 radical (unpaired) electrons. The van der Waals surface area contributed by atoms with Crippen molar-refractivity contribution in [3.05, 3.63) is 77.8 Å². The lowest BCUT2D eigenvalue weighted by atomic mass is 10.1. The lowest BCUT2D eigenvalue weighted by Crippen LogP contribution is -2.36. The number of aliphatic imine (C=N–C) groups is 1. The quantitative estimate of drug-likeness (QED) is 0.399. The van der Waals surface area contributed by atoms with Gasteiger partial charge in [-0.1, -0.05) is 42.5 Å². The zero-order chi connectivity index (χ0) is 19.3. The number of pyridine rings is 1. The molecule has 142 valence electrons. The third kappa shape index (κ3) is 3.69. The number of guanidine groups is 1. The maximum atomic E-state index is 5.99. The molecule has 5 nitrogen and oxygen atoms in total. The Morgan fingerprint density at radius 2 is 1.79 bits per heavy atom.